The molecule has 0 N–H and O–H groups in total. The summed E-state index contributed by atoms with van der Waals surface area (Å²) in [5.74, 6) is 0.0973. The van der Waals surface area contributed by atoms with E-state index in [9.17, 15) is 4.79 Å². The van der Waals surface area contributed by atoms with E-state index in [2.05, 4.69) is 18.7 Å². The average molecular weight is 379 g/mol. The first-order valence-corrected chi connectivity index (χ1v) is 10.2. The third kappa shape index (κ3) is 3.32. The second-order valence-corrected chi connectivity index (χ2v) is 8.12. The van der Waals surface area contributed by atoms with Gasteiger partial charge in [0.05, 0.1) is 10.9 Å². The normalized spacial score (nSPS) is 15.5. The van der Waals surface area contributed by atoms with Crippen molar-refractivity contribution in [2.24, 2.45) is 0 Å². The fourth-order valence-corrected chi connectivity index (χ4v) is 5.12. The number of aromatic nitrogens is 1. The van der Waals surface area contributed by atoms with Gasteiger partial charge in [-0.05, 0) is 18.1 Å². The molecule has 0 spiro atoms. The third-order valence-electron chi connectivity index (χ3n) is 4.29. The summed E-state index contributed by atoms with van der Waals surface area (Å²) < 4.78 is 0. The zero-order chi connectivity index (χ0) is 17.9. The van der Waals surface area contributed by atoms with Crippen molar-refractivity contribution in [3.63, 3.8) is 0 Å². The molecule has 3 nitrogen and oxygen atoms in total. The van der Waals surface area contributed by atoms with E-state index in [0.29, 0.717) is 6.54 Å². The van der Waals surface area contributed by atoms with Gasteiger partial charge >= 0.3 is 0 Å². The van der Waals surface area contributed by atoms with Crippen LogP contribution in [0.2, 0.25) is 0 Å². The number of hydrogen-bond donors (Lipinski definition) is 0. The molecule has 2 aromatic carbocycles. The van der Waals surface area contributed by atoms with Gasteiger partial charge in [0.15, 0.2) is 5.13 Å². The average Bonchev–Trinajstić information content (AvgIpc) is 3.33. The Bertz CT molecular complexity index is 911. The van der Waals surface area contributed by atoms with Crippen molar-refractivity contribution in [2.75, 3.05) is 11.4 Å². The van der Waals surface area contributed by atoms with E-state index in [1.54, 1.807) is 22.7 Å². The fourth-order valence-electron chi connectivity index (χ4n) is 3.01. The molecule has 4 rings (SSSR count). The van der Waals surface area contributed by atoms with Crippen molar-refractivity contribution in [1.29, 1.82) is 0 Å². The van der Waals surface area contributed by atoms with Gasteiger partial charge in [-0.2, -0.15) is 0 Å². The van der Waals surface area contributed by atoms with Gasteiger partial charge in [-0.15, -0.1) is 29.7 Å². The molecule has 3 aromatic rings. The number of benzene rings is 2. The predicted molar refractivity (Wildman–Crippen MR) is 110 cm³/mol. The van der Waals surface area contributed by atoms with Crippen molar-refractivity contribution in [1.82, 2.24) is 4.98 Å². The van der Waals surface area contributed by atoms with Crippen molar-refractivity contribution in [3.05, 3.63) is 78.2 Å². The number of anilines is 1. The van der Waals surface area contributed by atoms with Crippen LogP contribution in [0.1, 0.15) is 5.56 Å². The molecule has 0 saturated carbocycles. The lowest BCUT2D eigenvalue weighted by atomic mass is 10.1. The molecule has 5 heteroatoms. The summed E-state index contributed by atoms with van der Waals surface area (Å²) in [6, 6.07) is 18.3. The SMILES string of the molecule is C=CCN(C(=O)[C@H]1Cc2ccccc2S1)c1nc(-c2ccccc2)cs1. The lowest BCUT2D eigenvalue weighted by molar-refractivity contribution is -0.117. The highest BCUT2D eigenvalue weighted by molar-refractivity contribution is 8.01. The standard InChI is InChI=1S/C21H18N2OS2/c1-2-12-23(20(24)19-13-16-10-6-7-11-18(16)26-19)21-22-17(14-25-21)15-8-4-3-5-9-15/h2-11,14,19H,1,12-13H2/t19-/m1/s1. The summed E-state index contributed by atoms with van der Waals surface area (Å²) in [5.41, 5.74) is 3.21. The number of nitrogens with zero attached hydrogens (tertiary/aromatic N) is 2. The van der Waals surface area contributed by atoms with E-state index in [1.165, 1.54) is 21.8 Å². The number of thioether (sulfide) groups is 1. The van der Waals surface area contributed by atoms with Crippen molar-refractivity contribution in [3.8, 4) is 11.3 Å². The maximum Gasteiger partial charge on any atom is 0.242 e. The van der Waals surface area contributed by atoms with Crippen LogP contribution in [-0.2, 0) is 11.2 Å². The first kappa shape index (κ1) is 17.1. The minimum atomic E-state index is -0.101. The second-order valence-electron chi connectivity index (χ2n) is 6.04. The molecule has 0 fully saturated rings. The van der Waals surface area contributed by atoms with Crippen LogP contribution >= 0.6 is 23.1 Å². The van der Waals surface area contributed by atoms with Crippen LogP contribution in [0.3, 0.4) is 0 Å². The molecule has 1 amide bonds. The van der Waals surface area contributed by atoms with Crippen molar-refractivity contribution >= 4 is 34.1 Å². The number of thiazole rings is 1. The lowest BCUT2D eigenvalue weighted by Gasteiger charge is -2.21. The largest absolute Gasteiger partial charge is 0.283 e. The Morgan fingerprint density at radius 2 is 1.96 bits per heavy atom. The molecule has 1 aromatic heterocycles. The minimum Gasteiger partial charge on any atom is -0.283 e. The summed E-state index contributed by atoms with van der Waals surface area (Å²) in [5, 5.41) is 2.63. The molecule has 1 aliphatic rings. The molecule has 0 aliphatic carbocycles. The van der Waals surface area contributed by atoms with Crippen molar-refractivity contribution in [2.45, 2.75) is 16.6 Å². The predicted octanol–water partition coefficient (Wildman–Crippen LogP) is 5.05. The van der Waals surface area contributed by atoms with Crippen LogP contribution in [0.5, 0.6) is 0 Å². The summed E-state index contributed by atoms with van der Waals surface area (Å²) >= 11 is 3.15. The highest BCUT2D eigenvalue weighted by Gasteiger charge is 2.32. The quantitative estimate of drug-likeness (QED) is 0.583. The Morgan fingerprint density at radius 1 is 1.19 bits per heavy atom. The maximum atomic E-state index is 13.2. The fraction of sp³-hybridized carbons (Fsp3) is 0.143. The highest BCUT2D eigenvalue weighted by Crippen LogP contribution is 2.38. The van der Waals surface area contributed by atoms with Crippen LogP contribution < -0.4 is 4.90 Å². The number of hydrogen-bond acceptors (Lipinski definition) is 4. The summed E-state index contributed by atoms with van der Waals surface area (Å²) in [6.45, 7) is 4.28. The molecule has 0 unspecified atom stereocenters. The Hall–Kier alpha value is -2.37. The lowest BCUT2D eigenvalue weighted by Crippen LogP contribution is -2.37. The topological polar surface area (TPSA) is 33.2 Å². The Kier molecular flexibility index (Phi) is 4.91. The molecule has 0 saturated heterocycles. The van der Waals surface area contributed by atoms with Crippen LogP contribution in [0.4, 0.5) is 5.13 Å². The van der Waals surface area contributed by atoms with Crippen LogP contribution in [-0.4, -0.2) is 22.7 Å². The van der Waals surface area contributed by atoms with Gasteiger partial charge in [-0.1, -0.05) is 54.6 Å². The number of rotatable bonds is 5. The van der Waals surface area contributed by atoms with E-state index in [1.807, 2.05) is 47.8 Å². The van der Waals surface area contributed by atoms with Crippen molar-refractivity contribution < 1.29 is 4.79 Å². The van der Waals surface area contributed by atoms with Crippen LogP contribution in [0.25, 0.3) is 11.3 Å². The third-order valence-corrected chi connectivity index (χ3v) is 6.46. The summed E-state index contributed by atoms with van der Waals surface area (Å²) in [4.78, 5) is 20.8. The first-order chi connectivity index (χ1) is 12.8. The van der Waals surface area contributed by atoms with Gasteiger partial charge in [0.25, 0.3) is 0 Å². The Balaban J connectivity index is 1.58. The van der Waals surface area contributed by atoms with E-state index >= 15 is 0 Å². The molecular formula is C21H18N2OS2. The van der Waals surface area contributed by atoms with Crippen LogP contribution in [0.15, 0.2) is 77.5 Å². The maximum absolute atomic E-state index is 13.2. The smallest absolute Gasteiger partial charge is 0.242 e. The number of carbonyl (C=O) groups excluding carboxylic acids is 1. The van der Waals surface area contributed by atoms with Crippen LogP contribution in [0, 0.1) is 0 Å². The molecule has 130 valence electrons. The monoisotopic (exact) mass is 378 g/mol. The number of carbonyl (C=O) groups is 1. The zero-order valence-electron chi connectivity index (χ0n) is 14.2. The zero-order valence-corrected chi connectivity index (χ0v) is 15.8. The van der Waals surface area contributed by atoms with Gasteiger partial charge in [-0.3, -0.25) is 9.69 Å². The van der Waals surface area contributed by atoms with Gasteiger partial charge in [0, 0.05) is 22.4 Å². The number of fused-ring (bicyclic) bond motifs is 1. The van der Waals surface area contributed by atoms with E-state index in [4.69, 9.17) is 4.98 Å². The minimum absolute atomic E-state index is 0.0973. The van der Waals surface area contributed by atoms with E-state index < -0.39 is 0 Å². The molecule has 0 bridgehead atoms. The Labute approximate surface area is 161 Å². The first-order valence-electron chi connectivity index (χ1n) is 8.44. The highest BCUT2D eigenvalue weighted by atomic mass is 32.2. The molecule has 1 aliphatic heterocycles. The number of amides is 1. The molecular weight excluding hydrogens is 360 g/mol. The van der Waals surface area contributed by atoms with E-state index in [0.717, 1.165) is 22.8 Å². The van der Waals surface area contributed by atoms with Gasteiger partial charge in [0.2, 0.25) is 5.91 Å². The summed E-state index contributed by atoms with van der Waals surface area (Å²) in [6.07, 6.45) is 2.53. The van der Waals surface area contributed by atoms with E-state index in [-0.39, 0.29) is 11.2 Å². The summed E-state index contributed by atoms with van der Waals surface area (Å²) in [7, 11) is 0. The molecule has 1 atom stereocenters. The molecule has 26 heavy (non-hydrogen) atoms. The molecule has 2 heterocycles. The van der Waals surface area contributed by atoms with Gasteiger partial charge in [0.1, 0.15) is 0 Å². The Morgan fingerprint density at radius 3 is 2.73 bits per heavy atom. The molecule has 0 radical (unpaired) electrons. The van der Waals surface area contributed by atoms with Gasteiger partial charge < -0.3 is 0 Å². The second kappa shape index (κ2) is 7.48. The van der Waals surface area contributed by atoms with Gasteiger partial charge in [-0.25, -0.2) is 4.98 Å².